The summed E-state index contributed by atoms with van der Waals surface area (Å²) in [5.41, 5.74) is -0.143. The fourth-order valence-electron chi connectivity index (χ4n) is 7.45. The van der Waals surface area contributed by atoms with Crippen molar-refractivity contribution in [1.82, 2.24) is 0 Å². The Hall–Kier alpha value is -4.74. The molecule has 0 spiro atoms. The largest absolute Gasteiger partial charge is 0.514 e. The number of nitro groups is 1. The van der Waals surface area contributed by atoms with Crippen molar-refractivity contribution in [3.63, 3.8) is 0 Å². The zero-order valence-corrected chi connectivity index (χ0v) is 43.1. The van der Waals surface area contributed by atoms with Crippen molar-refractivity contribution in [1.29, 1.82) is 0 Å². The van der Waals surface area contributed by atoms with Crippen LogP contribution in [0.5, 0.6) is 5.75 Å². The van der Waals surface area contributed by atoms with Crippen LogP contribution in [0.1, 0.15) is 226 Å². The molecule has 0 heterocycles. The van der Waals surface area contributed by atoms with Crippen LogP contribution in [0.25, 0.3) is 0 Å². The van der Waals surface area contributed by atoms with Crippen LogP contribution in [0, 0.1) is 10.1 Å². The number of benzene rings is 1. The summed E-state index contributed by atoms with van der Waals surface area (Å²) in [6.45, 7) is 6.06. The Kier molecular flexibility index (Phi) is 41.2. The average Bonchev–Trinajstić information content (AvgIpc) is 3.33. The van der Waals surface area contributed by atoms with Crippen molar-refractivity contribution >= 4 is 29.8 Å². The summed E-state index contributed by atoms with van der Waals surface area (Å²) in [6, 6.07) is 5.07. The Morgan fingerprint density at radius 1 is 0.478 bits per heavy atom. The highest BCUT2D eigenvalue weighted by Crippen LogP contribution is 2.21. The fraction of sp³-hybridized carbons (Fsp3) is 0.684. The molecule has 0 radical (unpaired) electrons. The molecule has 12 heteroatoms. The van der Waals surface area contributed by atoms with Gasteiger partial charge in [0.05, 0.1) is 4.92 Å². The van der Waals surface area contributed by atoms with Crippen molar-refractivity contribution in [2.75, 3.05) is 13.2 Å². The molecule has 0 aliphatic carbocycles. The summed E-state index contributed by atoms with van der Waals surface area (Å²) < 4.78 is 27.7. The lowest BCUT2D eigenvalue weighted by atomic mass is 10.0. The van der Waals surface area contributed by atoms with Gasteiger partial charge in [-0.15, -0.1) is 0 Å². The molecule has 1 atom stereocenters. The van der Waals surface area contributed by atoms with E-state index in [0.29, 0.717) is 19.3 Å². The van der Waals surface area contributed by atoms with Gasteiger partial charge in [-0.2, -0.15) is 0 Å². The van der Waals surface area contributed by atoms with Crippen LogP contribution in [0.15, 0.2) is 72.9 Å². The predicted octanol–water partition coefficient (Wildman–Crippen LogP) is 16.2. The number of non-ortho nitro benzene ring substituents is 1. The Morgan fingerprint density at radius 2 is 0.899 bits per heavy atom. The third-order valence-electron chi connectivity index (χ3n) is 11.6. The van der Waals surface area contributed by atoms with E-state index in [-0.39, 0.29) is 50.3 Å². The monoisotopic (exact) mass is 966 g/mol. The average molecular weight is 966 g/mol. The lowest BCUT2D eigenvalue weighted by Gasteiger charge is -2.20. The van der Waals surface area contributed by atoms with Gasteiger partial charge in [0.15, 0.2) is 6.10 Å². The Labute approximate surface area is 416 Å². The smallest absolute Gasteiger partial charge is 0.462 e. The third kappa shape index (κ3) is 39.8. The van der Waals surface area contributed by atoms with E-state index in [1.807, 2.05) is 0 Å². The van der Waals surface area contributed by atoms with Crippen molar-refractivity contribution in [2.45, 2.75) is 238 Å². The van der Waals surface area contributed by atoms with Crippen LogP contribution in [-0.4, -0.2) is 54.4 Å². The first-order chi connectivity index (χ1) is 33.7. The van der Waals surface area contributed by atoms with Gasteiger partial charge in [0.25, 0.3) is 5.69 Å². The third-order valence-corrected chi connectivity index (χ3v) is 11.6. The maximum Gasteiger partial charge on any atom is 0.514 e. The molecule has 1 rings (SSSR count). The SMILES string of the molecule is CCCCC/C=C\C/C=C\CCCCCCCC(=O)OCC(COC(=O)CCCCCCC/C=C\C/C=C\CCCCC)OC(=O)CCC(CCCCCCC)OC(=O)Oc1ccc([N+](=O)[O-])cc1. The molecule has 1 unspecified atom stereocenters. The molecule has 0 fully saturated rings. The van der Waals surface area contributed by atoms with E-state index in [1.54, 1.807) is 0 Å². The highest BCUT2D eigenvalue weighted by Gasteiger charge is 2.23. The summed E-state index contributed by atoms with van der Waals surface area (Å²) in [5.74, 6) is -1.33. The Morgan fingerprint density at radius 3 is 1.38 bits per heavy atom. The number of carbonyl (C=O) groups is 4. The van der Waals surface area contributed by atoms with Gasteiger partial charge >= 0.3 is 24.1 Å². The van der Waals surface area contributed by atoms with Crippen molar-refractivity contribution in [3.05, 3.63) is 83.0 Å². The molecule has 1 aromatic rings. The van der Waals surface area contributed by atoms with Crippen LogP contribution < -0.4 is 4.74 Å². The second-order valence-corrected chi connectivity index (χ2v) is 18.0. The maximum absolute atomic E-state index is 13.2. The first-order valence-corrected chi connectivity index (χ1v) is 26.9. The highest BCUT2D eigenvalue weighted by atomic mass is 16.7. The number of allylic oxidation sites excluding steroid dienone is 8. The van der Waals surface area contributed by atoms with Crippen molar-refractivity contribution in [2.24, 2.45) is 0 Å². The van der Waals surface area contributed by atoms with Gasteiger partial charge < -0.3 is 23.7 Å². The second kappa shape index (κ2) is 45.7. The maximum atomic E-state index is 13.2. The standard InChI is InChI=1S/C57H91NO11/c1-4-7-10-13-15-17-19-21-23-25-27-29-31-34-37-40-54(59)65-48-53(49-66-55(60)41-38-35-32-30-28-26-24-22-20-18-16-14-11-8-5-2)67-56(61)47-46-51(39-36-33-12-9-6-3)68-57(62)69-52-44-42-50(43-45-52)58(63)64/h15-18,21-24,42-45,51,53H,4-14,19-20,25-41,46-49H2,1-3H3/b17-15-,18-16-,23-21-,24-22-. The van der Waals surface area contributed by atoms with Crippen LogP contribution in [0.2, 0.25) is 0 Å². The molecule has 0 aromatic heterocycles. The fourth-order valence-corrected chi connectivity index (χ4v) is 7.45. The van der Waals surface area contributed by atoms with Gasteiger partial charge in [-0.05, 0) is 108 Å². The number of esters is 3. The van der Waals surface area contributed by atoms with E-state index in [2.05, 4.69) is 69.4 Å². The number of carbonyl (C=O) groups excluding carboxylic acids is 4. The molecule has 12 nitrogen and oxygen atoms in total. The minimum absolute atomic E-state index is 0.0875. The number of nitrogens with zero attached hydrogens (tertiary/aromatic N) is 1. The van der Waals surface area contributed by atoms with Crippen LogP contribution in [-0.2, 0) is 33.3 Å². The predicted molar refractivity (Wildman–Crippen MR) is 277 cm³/mol. The molecule has 0 saturated heterocycles. The molecule has 0 aliphatic heterocycles. The second-order valence-electron chi connectivity index (χ2n) is 18.0. The van der Waals surface area contributed by atoms with Gasteiger partial charge in [0.1, 0.15) is 25.1 Å². The van der Waals surface area contributed by atoms with Crippen LogP contribution in [0.3, 0.4) is 0 Å². The van der Waals surface area contributed by atoms with Crippen molar-refractivity contribution < 1.29 is 47.8 Å². The molecule has 0 N–H and O–H groups in total. The first kappa shape index (κ1) is 62.3. The Bertz CT molecular complexity index is 1520. The minimum Gasteiger partial charge on any atom is -0.462 e. The van der Waals surface area contributed by atoms with Gasteiger partial charge in [-0.25, -0.2) is 4.79 Å². The zero-order chi connectivity index (χ0) is 50.3. The molecule has 0 saturated carbocycles. The normalized spacial score (nSPS) is 12.1. The molecular formula is C57H91NO11. The topological polar surface area (TPSA) is 158 Å². The summed E-state index contributed by atoms with van der Waals surface area (Å²) in [4.78, 5) is 62.0. The lowest BCUT2D eigenvalue weighted by molar-refractivity contribution is -0.384. The summed E-state index contributed by atoms with van der Waals surface area (Å²) >= 11 is 0. The van der Waals surface area contributed by atoms with Crippen molar-refractivity contribution in [3.8, 4) is 5.75 Å². The molecule has 0 aliphatic rings. The molecule has 0 bridgehead atoms. The van der Waals surface area contributed by atoms with Crippen LogP contribution in [0.4, 0.5) is 10.5 Å². The van der Waals surface area contributed by atoms with E-state index >= 15 is 0 Å². The first-order valence-electron chi connectivity index (χ1n) is 26.9. The van der Waals surface area contributed by atoms with E-state index in [1.165, 1.54) is 62.8 Å². The number of unbranched alkanes of at least 4 members (excludes halogenated alkanes) is 20. The number of hydrogen-bond donors (Lipinski definition) is 0. The molecular weight excluding hydrogens is 875 g/mol. The molecule has 0 amide bonds. The summed E-state index contributed by atoms with van der Waals surface area (Å²) in [5, 5.41) is 11.0. The molecule has 1 aromatic carbocycles. The quantitative estimate of drug-likeness (QED) is 0.0116. The summed E-state index contributed by atoms with van der Waals surface area (Å²) in [6.07, 6.45) is 44.9. The van der Waals surface area contributed by atoms with E-state index < -0.39 is 41.2 Å². The van der Waals surface area contributed by atoms with Crippen LogP contribution >= 0.6 is 0 Å². The summed E-state index contributed by atoms with van der Waals surface area (Å²) in [7, 11) is 0. The van der Waals surface area contributed by atoms with E-state index in [9.17, 15) is 29.3 Å². The van der Waals surface area contributed by atoms with Gasteiger partial charge in [0, 0.05) is 31.4 Å². The number of hydrogen-bond acceptors (Lipinski definition) is 11. The zero-order valence-electron chi connectivity index (χ0n) is 43.1. The Balaban J connectivity index is 2.65. The van der Waals surface area contributed by atoms with Gasteiger partial charge in [-0.1, -0.05) is 159 Å². The minimum atomic E-state index is -1.000. The van der Waals surface area contributed by atoms with Gasteiger partial charge in [0.2, 0.25) is 0 Å². The highest BCUT2D eigenvalue weighted by molar-refractivity contribution is 5.71. The number of nitro benzene ring substituents is 1. The van der Waals surface area contributed by atoms with E-state index in [0.717, 1.165) is 122 Å². The lowest BCUT2D eigenvalue weighted by Crippen LogP contribution is -2.31. The molecule has 69 heavy (non-hydrogen) atoms. The number of ether oxygens (including phenoxy) is 5. The number of rotatable bonds is 45. The van der Waals surface area contributed by atoms with E-state index in [4.69, 9.17) is 23.7 Å². The molecule has 390 valence electrons. The van der Waals surface area contributed by atoms with Gasteiger partial charge in [-0.3, -0.25) is 24.5 Å².